The fourth-order valence-electron chi connectivity index (χ4n) is 2.65. The molecule has 1 fully saturated rings. The Bertz CT molecular complexity index is 735. The number of nitrogens with zero attached hydrogens (tertiary/aromatic N) is 4. The number of para-hydroxylation sites is 1. The lowest BCUT2D eigenvalue weighted by atomic mass is 10.3. The molecule has 1 aromatic heterocycles. The predicted octanol–water partition coefficient (Wildman–Crippen LogP) is 0.749. The predicted molar refractivity (Wildman–Crippen MR) is 84.0 cm³/mol. The van der Waals surface area contributed by atoms with Crippen LogP contribution in [0.1, 0.15) is 12.0 Å². The van der Waals surface area contributed by atoms with Crippen molar-refractivity contribution in [1.29, 1.82) is 5.26 Å². The number of carbonyl (C=O) groups excluding carboxylic acids is 1. The first kappa shape index (κ1) is 15.2. The van der Waals surface area contributed by atoms with Crippen molar-refractivity contribution in [2.24, 2.45) is 0 Å². The molecule has 0 spiro atoms. The number of rotatable bonds is 4. The second-order valence-corrected chi connectivity index (χ2v) is 5.49. The van der Waals surface area contributed by atoms with Gasteiger partial charge in [0, 0.05) is 13.1 Å². The highest BCUT2D eigenvalue weighted by Gasteiger charge is 2.23. The first-order chi connectivity index (χ1) is 11.2. The van der Waals surface area contributed by atoms with Crippen LogP contribution in [0.4, 0.5) is 5.82 Å². The van der Waals surface area contributed by atoms with Crippen molar-refractivity contribution in [3.05, 3.63) is 42.1 Å². The Morgan fingerprint density at radius 3 is 2.87 bits per heavy atom. The number of likely N-dealkylation sites (tertiary alicyclic amines) is 1. The summed E-state index contributed by atoms with van der Waals surface area (Å²) in [6.07, 6.45) is 1.74. The molecule has 7 nitrogen and oxygen atoms in total. The number of anilines is 1. The topological polar surface area (TPSA) is 94.2 Å². The first-order valence-corrected chi connectivity index (χ1v) is 7.41. The van der Waals surface area contributed by atoms with Gasteiger partial charge in [0.1, 0.15) is 11.6 Å². The number of hydrogen-bond acceptors (Lipinski definition) is 5. The van der Waals surface area contributed by atoms with E-state index in [1.807, 2.05) is 41.3 Å². The Balaban J connectivity index is 1.78. The van der Waals surface area contributed by atoms with Gasteiger partial charge in [0.15, 0.2) is 5.82 Å². The van der Waals surface area contributed by atoms with Crippen molar-refractivity contribution >= 4 is 11.7 Å². The summed E-state index contributed by atoms with van der Waals surface area (Å²) in [5, 5.41) is 25.7. The number of aliphatic hydroxyl groups is 1. The van der Waals surface area contributed by atoms with Crippen LogP contribution in [0.5, 0.6) is 0 Å². The highest BCUT2D eigenvalue weighted by Crippen LogP contribution is 2.19. The molecule has 2 aromatic rings. The number of hydrogen-bond donors (Lipinski definition) is 2. The van der Waals surface area contributed by atoms with E-state index in [9.17, 15) is 15.2 Å². The van der Waals surface area contributed by atoms with Gasteiger partial charge in [-0.3, -0.25) is 9.69 Å². The molecule has 1 atom stereocenters. The van der Waals surface area contributed by atoms with E-state index < -0.39 is 0 Å². The van der Waals surface area contributed by atoms with E-state index in [2.05, 4.69) is 10.4 Å². The Hall–Kier alpha value is -2.69. The zero-order valence-electron chi connectivity index (χ0n) is 12.5. The van der Waals surface area contributed by atoms with E-state index in [0.29, 0.717) is 30.9 Å². The van der Waals surface area contributed by atoms with Crippen LogP contribution < -0.4 is 5.32 Å². The maximum Gasteiger partial charge on any atom is 0.239 e. The zero-order chi connectivity index (χ0) is 16.2. The Kier molecular flexibility index (Phi) is 4.37. The average molecular weight is 311 g/mol. The number of carbonyl (C=O) groups is 1. The van der Waals surface area contributed by atoms with Gasteiger partial charge < -0.3 is 10.4 Å². The molecule has 0 unspecified atom stereocenters. The minimum Gasteiger partial charge on any atom is -0.392 e. The quantitative estimate of drug-likeness (QED) is 0.869. The van der Waals surface area contributed by atoms with E-state index in [1.54, 1.807) is 0 Å². The van der Waals surface area contributed by atoms with Crippen molar-refractivity contribution in [3.8, 4) is 11.8 Å². The summed E-state index contributed by atoms with van der Waals surface area (Å²) in [7, 11) is 0. The summed E-state index contributed by atoms with van der Waals surface area (Å²) < 4.78 is 1.54. The second kappa shape index (κ2) is 6.60. The van der Waals surface area contributed by atoms with Gasteiger partial charge in [0.05, 0.1) is 24.5 Å². The number of nitrogens with one attached hydrogen (secondary N) is 1. The third kappa shape index (κ3) is 3.39. The van der Waals surface area contributed by atoms with Crippen molar-refractivity contribution < 1.29 is 9.90 Å². The molecular weight excluding hydrogens is 294 g/mol. The van der Waals surface area contributed by atoms with E-state index in [-0.39, 0.29) is 18.6 Å². The lowest BCUT2D eigenvalue weighted by Crippen LogP contribution is -2.32. The number of benzene rings is 1. The monoisotopic (exact) mass is 311 g/mol. The molecule has 0 radical (unpaired) electrons. The van der Waals surface area contributed by atoms with Gasteiger partial charge in [-0.1, -0.05) is 18.2 Å². The highest BCUT2D eigenvalue weighted by atomic mass is 16.3. The lowest BCUT2D eigenvalue weighted by Gasteiger charge is -2.15. The number of nitriles is 1. The van der Waals surface area contributed by atoms with Crippen LogP contribution in [-0.4, -0.2) is 51.4 Å². The number of β-amino-alcohol motifs (C(OH)–C–C–N with tert-alkyl or cyclic N) is 1. The Labute approximate surface area is 133 Å². The van der Waals surface area contributed by atoms with Crippen LogP contribution >= 0.6 is 0 Å². The summed E-state index contributed by atoms with van der Waals surface area (Å²) in [6, 6.07) is 11.3. The number of aromatic nitrogens is 2. The number of aliphatic hydroxyl groups excluding tert-OH is 1. The SMILES string of the molecule is N#Cc1cnn(-c2ccccc2)c1NC(=O)CN1CC[C@@H](O)C1. The third-order valence-electron chi connectivity index (χ3n) is 3.76. The van der Waals surface area contributed by atoms with Crippen LogP contribution in [0.25, 0.3) is 5.69 Å². The van der Waals surface area contributed by atoms with Crippen molar-refractivity contribution in [2.75, 3.05) is 25.0 Å². The molecule has 2 N–H and O–H groups in total. The molecule has 1 aliphatic rings. The first-order valence-electron chi connectivity index (χ1n) is 7.41. The molecule has 7 heteroatoms. The van der Waals surface area contributed by atoms with Gasteiger partial charge in [-0.05, 0) is 18.6 Å². The van der Waals surface area contributed by atoms with Gasteiger partial charge in [-0.25, -0.2) is 4.68 Å². The fourth-order valence-corrected chi connectivity index (χ4v) is 2.65. The molecule has 0 saturated carbocycles. The summed E-state index contributed by atoms with van der Waals surface area (Å²) in [5.74, 6) is 0.136. The van der Waals surface area contributed by atoms with Crippen molar-refractivity contribution in [1.82, 2.24) is 14.7 Å². The fraction of sp³-hybridized carbons (Fsp3) is 0.312. The van der Waals surface area contributed by atoms with Gasteiger partial charge in [-0.2, -0.15) is 10.4 Å². The van der Waals surface area contributed by atoms with Gasteiger partial charge >= 0.3 is 0 Å². The largest absolute Gasteiger partial charge is 0.392 e. The maximum atomic E-state index is 12.2. The van der Waals surface area contributed by atoms with E-state index in [1.165, 1.54) is 10.9 Å². The summed E-state index contributed by atoms with van der Waals surface area (Å²) in [5.41, 5.74) is 1.07. The molecule has 3 rings (SSSR count). The van der Waals surface area contributed by atoms with E-state index >= 15 is 0 Å². The summed E-state index contributed by atoms with van der Waals surface area (Å²) >= 11 is 0. The lowest BCUT2D eigenvalue weighted by molar-refractivity contribution is -0.117. The smallest absolute Gasteiger partial charge is 0.239 e. The van der Waals surface area contributed by atoms with Gasteiger partial charge in [0.25, 0.3) is 0 Å². The van der Waals surface area contributed by atoms with Crippen LogP contribution in [0.2, 0.25) is 0 Å². The second-order valence-electron chi connectivity index (χ2n) is 5.49. The van der Waals surface area contributed by atoms with Crippen LogP contribution in [0.15, 0.2) is 36.5 Å². The molecule has 23 heavy (non-hydrogen) atoms. The van der Waals surface area contributed by atoms with Crippen LogP contribution in [0.3, 0.4) is 0 Å². The molecule has 1 saturated heterocycles. The highest BCUT2D eigenvalue weighted by molar-refractivity contribution is 5.93. The zero-order valence-corrected chi connectivity index (χ0v) is 12.5. The molecule has 0 bridgehead atoms. The van der Waals surface area contributed by atoms with Crippen LogP contribution in [0, 0.1) is 11.3 Å². The molecule has 1 aliphatic heterocycles. The molecule has 1 amide bonds. The van der Waals surface area contributed by atoms with E-state index in [0.717, 1.165) is 5.69 Å². The third-order valence-corrected chi connectivity index (χ3v) is 3.76. The van der Waals surface area contributed by atoms with Crippen molar-refractivity contribution in [2.45, 2.75) is 12.5 Å². The summed E-state index contributed by atoms with van der Waals surface area (Å²) in [4.78, 5) is 14.1. The minimum absolute atomic E-state index is 0.182. The molecule has 118 valence electrons. The van der Waals surface area contributed by atoms with Crippen molar-refractivity contribution in [3.63, 3.8) is 0 Å². The van der Waals surface area contributed by atoms with Gasteiger partial charge in [0.2, 0.25) is 5.91 Å². The summed E-state index contributed by atoms with van der Waals surface area (Å²) in [6.45, 7) is 1.37. The standard InChI is InChI=1S/C16H17N5O2/c17-8-12-9-18-21(13-4-2-1-3-5-13)16(12)19-15(23)11-20-7-6-14(22)10-20/h1-5,9,14,22H,6-7,10-11H2,(H,19,23)/t14-/m1/s1. The average Bonchev–Trinajstić information content (AvgIpc) is 3.14. The molecule has 2 heterocycles. The number of amides is 1. The molecular formula is C16H17N5O2. The van der Waals surface area contributed by atoms with Crippen LogP contribution in [-0.2, 0) is 4.79 Å². The normalized spacial score (nSPS) is 17.8. The Morgan fingerprint density at radius 2 is 2.22 bits per heavy atom. The van der Waals surface area contributed by atoms with Gasteiger partial charge in [-0.15, -0.1) is 0 Å². The van der Waals surface area contributed by atoms with E-state index in [4.69, 9.17) is 0 Å². The molecule has 1 aromatic carbocycles. The minimum atomic E-state index is -0.368. The maximum absolute atomic E-state index is 12.2. The Morgan fingerprint density at radius 1 is 1.43 bits per heavy atom. The molecule has 0 aliphatic carbocycles.